The summed E-state index contributed by atoms with van der Waals surface area (Å²) in [4.78, 5) is 8.33. The Labute approximate surface area is 45.2 Å². The molecule has 0 aromatic carbocycles. The van der Waals surface area contributed by atoms with Crippen LogP contribution < -0.4 is 16.4 Å². The second kappa shape index (κ2) is 8.83. The molecule has 0 N–H and O–H groups in total. The molecule has 0 saturated carbocycles. The van der Waals surface area contributed by atoms with E-state index in [1.54, 1.807) is 0 Å². The fourth-order valence-corrected chi connectivity index (χ4v) is 0. The molecule has 0 atom stereocenters. The van der Waals surface area contributed by atoms with E-state index < -0.39 is 6.16 Å². The van der Waals surface area contributed by atoms with Crippen LogP contribution in [0.25, 0.3) is 0 Å². The maximum atomic E-state index is 8.33. The topological polar surface area (TPSA) is 93.7 Å². The van der Waals surface area contributed by atoms with E-state index in [-0.39, 0.29) is 23.2 Å². The SMILES string of the molecule is O=C([O-])[O-].[Cu+2].[N]. The summed E-state index contributed by atoms with van der Waals surface area (Å²) in [5, 5.41) is 16.7. The van der Waals surface area contributed by atoms with E-state index in [0.29, 0.717) is 0 Å². The Balaban J connectivity index is -0.0000000450. The van der Waals surface area contributed by atoms with Crippen molar-refractivity contribution < 1.29 is 32.1 Å². The van der Waals surface area contributed by atoms with Gasteiger partial charge in [0.1, 0.15) is 0 Å². The van der Waals surface area contributed by atoms with Crippen LogP contribution in [0.5, 0.6) is 0 Å². The molecule has 0 aliphatic carbocycles. The first-order valence-corrected chi connectivity index (χ1v) is 0.612. The molecule has 0 aliphatic rings. The van der Waals surface area contributed by atoms with Crippen molar-refractivity contribution in [3.63, 3.8) is 0 Å². The first-order valence-electron chi connectivity index (χ1n) is 0.612. The van der Waals surface area contributed by atoms with Gasteiger partial charge in [0, 0.05) is 6.15 Å². The molecule has 0 unspecified atom stereocenters. The fraction of sp³-hybridized carbons (Fsp3) is 0. The summed E-state index contributed by atoms with van der Waals surface area (Å²) in [6, 6.07) is 0. The number of carboxylic acid groups (broad SMARTS) is 2. The van der Waals surface area contributed by atoms with Crippen LogP contribution in [0.2, 0.25) is 0 Å². The minimum Gasteiger partial charge on any atom is -0.652 e. The largest absolute Gasteiger partial charge is 2.00 e. The molecule has 0 amide bonds. The van der Waals surface area contributed by atoms with Crippen LogP contribution in [0.3, 0.4) is 0 Å². The first kappa shape index (κ1) is 17.2. The van der Waals surface area contributed by atoms with Crippen LogP contribution in [-0.4, -0.2) is 6.16 Å². The Morgan fingerprint density at radius 1 is 1.33 bits per heavy atom. The van der Waals surface area contributed by atoms with Crippen LogP contribution in [0.15, 0.2) is 0 Å². The monoisotopic (exact) mass is 137 g/mol. The Bertz CT molecular complexity index is 33.8. The van der Waals surface area contributed by atoms with Gasteiger partial charge in [-0.25, -0.2) is 0 Å². The molecule has 5 heteroatoms. The number of nitrogens with zero attached hydrogens (tertiary/aromatic N) is 1. The number of rotatable bonds is 0. The van der Waals surface area contributed by atoms with E-state index >= 15 is 0 Å². The van der Waals surface area contributed by atoms with E-state index in [1.165, 1.54) is 0 Å². The van der Waals surface area contributed by atoms with Gasteiger partial charge in [0.05, 0.1) is 0 Å². The Morgan fingerprint density at radius 3 is 1.33 bits per heavy atom. The van der Waals surface area contributed by atoms with Crippen molar-refractivity contribution in [3.05, 3.63) is 0 Å². The van der Waals surface area contributed by atoms with Crippen molar-refractivity contribution in [2.24, 2.45) is 0 Å². The maximum absolute atomic E-state index is 8.33. The third-order valence-electron chi connectivity index (χ3n) is 0. The van der Waals surface area contributed by atoms with Crippen LogP contribution in [0, 0.1) is 0 Å². The molecule has 0 spiro atoms. The van der Waals surface area contributed by atoms with Gasteiger partial charge in [-0.05, 0) is 6.16 Å². The molecule has 0 rings (SSSR count). The van der Waals surface area contributed by atoms with Gasteiger partial charge in [-0.2, -0.15) is 0 Å². The van der Waals surface area contributed by atoms with Gasteiger partial charge in [-0.1, -0.05) is 0 Å². The zero-order chi connectivity index (χ0) is 3.58. The molecule has 0 saturated heterocycles. The van der Waals surface area contributed by atoms with Gasteiger partial charge in [0.15, 0.2) is 0 Å². The number of hydrogen-bond acceptors (Lipinski definition) is 3. The van der Waals surface area contributed by atoms with Crippen LogP contribution in [-0.2, 0) is 17.1 Å². The Kier molecular flexibility index (Phi) is 25.3. The molecular weight excluding hydrogens is 138 g/mol. The van der Waals surface area contributed by atoms with Crippen LogP contribution in [0.4, 0.5) is 4.79 Å². The molecule has 6 heavy (non-hydrogen) atoms. The van der Waals surface area contributed by atoms with Gasteiger partial charge in [0.25, 0.3) is 0 Å². The van der Waals surface area contributed by atoms with Gasteiger partial charge >= 0.3 is 17.1 Å². The van der Waals surface area contributed by atoms with Gasteiger partial charge < -0.3 is 15.0 Å². The van der Waals surface area contributed by atoms with Crippen LogP contribution in [0.1, 0.15) is 0 Å². The van der Waals surface area contributed by atoms with Gasteiger partial charge in [0.2, 0.25) is 0 Å². The molecular formula is CCuNO3. The number of carbonyl (C=O) groups is 1. The van der Waals surface area contributed by atoms with E-state index in [2.05, 4.69) is 0 Å². The summed E-state index contributed by atoms with van der Waals surface area (Å²) in [6.45, 7) is 0. The van der Waals surface area contributed by atoms with Crippen molar-refractivity contribution >= 4 is 6.16 Å². The summed E-state index contributed by atoms with van der Waals surface area (Å²) >= 11 is 0. The van der Waals surface area contributed by atoms with E-state index in [4.69, 9.17) is 15.0 Å². The fourth-order valence-electron chi connectivity index (χ4n) is 0. The van der Waals surface area contributed by atoms with Crippen molar-refractivity contribution in [2.75, 3.05) is 0 Å². The summed E-state index contributed by atoms with van der Waals surface area (Å²) in [6.07, 6.45) is -2.33. The molecule has 38 valence electrons. The second-order valence-electron chi connectivity index (χ2n) is 0.250. The molecule has 0 aromatic rings. The zero-order valence-electron chi connectivity index (χ0n) is 2.47. The van der Waals surface area contributed by atoms with Crippen LogP contribution >= 0.6 is 0 Å². The smallest absolute Gasteiger partial charge is 0.652 e. The van der Waals surface area contributed by atoms with Crippen molar-refractivity contribution in [2.45, 2.75) is 0 Å². The molecule has 0 bridgehead atoms. The summed E-state index contributed by atoms with van der Waals surface area (Å²) in [5.74, 6) is 0. The molecule has 4 radical (unpaired) electrons. The van der Waals surface area contributed by atoms with Crippen molar-refractivity contribution in [1.82, 2.24) is 6.15 Å². The van der Waals surface area contributed by atoms with Crippen molar-refractivity contribution in [1.29, 1.82) is 0 Å². The Hall–Kier alpha value is -0.251. The van der Waals surface area contributed by atoms with E-state index in [9.17, 15) is 0 Å². The zero-order valence-corrected chi connectivity index (χ0v) is 3.42. The predicted octanol–water partition coefficient (Wildman–Crippen LogP) is -2.93. The standard InChI is InChI=1S/CH2O3.Cu.N/c2-1(3)4;;/h(H2,2,3,4);;/q;+2;/p-2. The summed E-state index contributed by atoms with van der Waals surface area (Å²) < 4.78 is 0. The molecule has 0 heterocycles. The number of carbonyl (C=O) groups excluding carboxylic acids is 1. The quantitative estimate of drug-likeness (QED) is 0.335. The minimum absolute atomic E-state index is 0. The Morgan fingerprint density at radius 2 is 1.33 bits per heavy atom. The predicted molar refractivity (Wildman–Crippen MR) is 7.53 cm³/mol. The first-order chi connectivity index (χ1) is 1.73. The summed E-state index contributed by atoms with van der Waals surface area (Å²) in [7, 11) is 0. The second-order valence-corrected chi connectivity index (χ2v) is 0.250. The molecule has 0 aliphatic heterocycles. The molecule has 4 nitrogen and oxygen atoms in total. The van der Waals surface area contributed by atoms with Gasteiger partial charge in [-0.3, -0.25) is 0 Å². The average Bonchev–Trinajstić information content (AvgIpc) is 0.811. The molecule has 0 aromatic heterocycles. The normalized spacial score (nSPS) is 4.00. The third-order valence-corrected chi connectivity index (χ3v) is 0. The number of hydrogen-bond donors (Lipinski definition) is 0. The summed E-state index contributed by atoms with van der Waals surface area (Å²) in [5.41, 5.74) is 0. The maximum Gasteiger partial charge on any atom is 2.00 e. The van der Waals surface area contributed by atoms with E-state index in [0.717, 1.165) is 0 Å². The average molecular weight is 138 g/mol. The van der Waals surface area contributed by atoms with Crippen molar-refractivity contribution in [3.8, 4) is 0 Å². The molecule has 0 fully saturated rings. The third kappa shape index (κ3) is 452. The van der Waals surface area contributed by atoms with E-state index in [1.807, 2.05) is 0 Å². The minimum atomic E-state index is -2.33. The van der Waals surface area contributed by atoms with Gasteiger partial charge in [-0.15, -0.1) is 0 Å².